The molecule has 0 aliphatic carbocycles. The van der Waals surface area contributed by atoms with Gasteiger partial charge in [-0.05, 0) is 26.8 Å². The van der Waals surface area contributed by atoms with Crippen LogP contribution in [0.3, 0.4) is 0 Å². The van der Waals surface area contributed by atoms with Crippen molar-refractivity contribution in [2.24, 2.45) is 0 Å². The molecule has 0 fully saturated rings. The van der Waals surface area contributed by atoms with E-state index < -0.39 is 0 Å². The monoisotopic (exact) mass is 285 g/mol. The van der Waals surface area contributed by atoms with Crippen LogP contribution in [0.15, 0.2) is 5.38 Å². The summed E-state index contributed by atoms with van der Waals surface area (Å²) in [6.07, 6.45) is 1.46. The second-order valence-corrected chi connectivity index (χ2v) is 5.11. The standard InChI is InChI=1S/C13H23N3O2S/c1-4-7-14-10(3)11-9-19-13(15-11)16-12(17)6-8-18-5-2/h9-10,14H,4-8H2,1-3H3,(H,15,16,17). The topological polar surface area (TPSA) is 63.2 Å². The molecule has 0 bridgehead atoms. The number of amides is 1. The zero-order valence-corrected chi connectivity index (χ0v) is 12.7. The van der Waals surface area contributed by atoms with Crippen molar-refractivity contribution in [1.29, 1.82) is 0 Å². The van der Waals surface area contributed by atoms with E-state index in [2.05, 4.69) is 29.5 Å². The third-order valence-corrected chi connectivity index (χ3v) is 3.37. The van der Waals surface area contributed by atoms with Gasteiger partial charge in [-0.3, -0.25) is 4.79 Å². The van der Waals surface area contributed by atoms with Crippen molar-refractivity contribution in [3.63, 3.8) is 0 Å². The van der Waals surface area contributed by atoms with Crippen molar-refractivity contribution in [3.8, 4) is 0 Å². The molecule has 0 aliphatic rings. The van der Waals surface area contributed by atoms with Gasteiger partial charge in [0.1, 0.15) is 0 Å². The number of anilines is 1. The highest BCUT2D eigenvalue weighted by molar-refractivity contribution is 7.13. The van der Waals surface area contributed by atoms with Gasteiger partial charge in [0.25, 0.3) is 0 Å². The smallest absolute Gasteiger partial charge is 0.228 e. The maximum atomic E-state index is 11.6. The molecule has 1 aromatic rings. The van der Waals surface area contributed by atoms with Gasteiger partial charge in [0.05, 0.1) is 18.7 Å². The summed E-state index contributed by atoms with van der Waals surface area (Å²) in [5.74, 6) is -0.0523. The second kappa shape index (κ2) is 9.01. The minimum Gasteiger partial charge on any atom is -0.381 e. The highest BCUT2D eigenvalue weighted by Crippen LogP contribution is 2.20. The Bertz CT molecular complexity index is 382. The molecule has 2 N–H and O–H groups in total. The Hall–Kier alpha value is -0.980. The summed E-state index contributed by atoms with van der Waals surface area (Å²) in [5, 5.41) is 8.79. The summed E-state index contributed by atoms with van der Waals surface area (Å²) in [6.45, 7) is 8.17. The van der Waals surface area contributed by atoms with Crippen LogP contribution in [0.4, 0.5) is 5.13 Å². The Morgan fingerprint density at radius 1 is 1.53 bits per heavy atom. The average Bonchev–Trinajstić information content (AvgIpc) is 2.84. The molecule has 1 unspecified atom stereocenters. The van der Waals surface area contributed by atoms with Crippen LogP contribution in [0.1, 0.15) is 45.3 Å². The van der Waals surface area contributed by atoms with Gasteiger partial charge in [-0.25, -0.2) is 4.98 Å². The van der Waals surface area contributed by atoms with E-state index in [1.54, 1.807) is 0 Å². The van der Waals surface area contributed by atoms with Crippen LogP contribution < -0.4 is 10.6 Å². The highest BCUT2D eigenvalue weighted by Gasteiger charge is 2.10. The normalized spacial score (nSPS) is 12.4. The molecule has 0 saturated heterocycles. The SMILES string of the molecule is CCCNC(C)c1csc(NC(=O)CCOCC)n1. The largest absolute Gasteiger partial charge is 0.381 e. The lowest BCUT2D eigenvalue weighted by Crippen LogP contribution is -2.19. The van der Waals surface area contributed by atoms with Gasteiger partial charge < -0.3 is 15.4 Å². The molecule has 0 spiro atoms. The number of thiazole rings is 1. The molecule has 1 amide bonds. The van der Waals surface area contributed by atoms with Crippen LogP contribution in [0, 0.1) is 0 Å². The molecular formula is C13H23N3O2S. The third-order valence-electron chi connectivity index (χ3n) is 2.59. The van der Waals surface area contributed by atoms with E-state index in [9.17, 15) is 4.79 Å². The second-order valence-electron chi connectivity index (χ2n) is 4.25. The van der Waals surface area contributed by atoms with E-state index in [-0.39, 0.29) is 11.9 Å². The van der Waals surface area contributed by atoms with E-state index >= 15 is 0 Å². The van der Waals surface area contributed by atoms with Gasteiger partial charge in [-0.15, -0.1) is 11.3 Å². The minimum absolute atomic E-state index is 0.0523. The van der Waals surface area contributed by atoms with Crippen LogP contribution in [0.5, 0.6) is 0 Å². The molecule has 0 aliphatic heterocycles. The first kappa shape index (κ1) is 16.1. The molecule has 5 nitrogen and oxygen atoms in total. The first-order valence-electron chi connectivity index (χ1n) is 6.73. The summed E-state index contributed by atoms with van der Waals surface area (Å²) in [5.41, 5.74) is 0.971. The van der Waals surface area contributed by atoms with Crippen molar-refractivity contribution in [1.82, 2.24) is 10.3 Å². The van der Waals surface area contributed by atoms with Gasteiger partial charge in [-0.1, -0.05) is 6.92 Å². The highest BCUT2D eigenvalue weighted by atomic mass is 32.1. The van der Waals surface area contributed by atoms with Crippen LogP contribution in [0.25, 0.3) is 0 Å². The lowest BCUT2D eigenvalue weighted by molar-refractivity contribution is -0.117. The van der Waals surface area contributed by atoms with Crippen LogP contribution >= 0.6 is 11.3 Å². The van der Waals surface area contributed by atoms with Gasteiger partial charge in [0.2, 0.25) is 5.91 Å². The van der Waals surface area contributed by atoms with Crippen molar-refractivity contribution >= 4 is 22.4 Å². The summed E-state index contributed by atoms with van der Waals surface area (Å²) in [4.78, 5) is 16.0. The number of hydrogen-bond acceptors (Lipinski definition) is 5. The first-order chi connectivity index (χ1) is 9.17. The Labute approximate surface area is 118 Å². The number of nitrogens with zero attached hydrogens (tertiary/aromatic N) is 1. The van der Waals surface area contributed by atoms with Gasteiger partial charge in [0, 0.05) is 18.0 Å². The van der Waals surface area contributed by atoms with Crippen LogP contribution in [0.2, 0.25) is 0 Å². The Morgan fingerprint density at radius 2 is 2.32 bits per heavy atom. The Morgan fingerprint density at radius 3 is 3.00 bits per heavy atom. The Kier molecular flexibility index (Phi) is 7.62. The number of carbonyl (C=O) groups is 1. The number of nitrogens with one attached hydrogen (secondary N) is 2. The summed E-state index contributed by atoms with van der Waals surface area (Å²) in [6, 6.07) is 0.213. The van der Waals surface area contributed by atoms with Gasteiger partial charge in [-0.2, -0.15) is 0 Å². The van der Waals surface area contributed by atoms with Crippen LogP contribution in [-0.4, -0.2) is 30.6 Å². The molecule has 0 aromatic carbocycles. The maximum Gasteiger partial charge on any atom is 0.228 e. The fourth-order valence-electron chi connectivity index (χ4n) is 1.50. The minimum atomic E-state index is -0.0523. The van der Waals surface area contributed by atoms with E-state index in [1.165, 1.54) is 11.3 Å². The van der Waals surface area contributed by atoms with Crippen molar-refractivity contribution in [3.05, 3.63) is 11.1 Å². The zero-order chi connectivity index (χ0) is 14.1. The third kappa shape index (κ3) is 6.13. The molecule has 6 heteroatoms. The van der Waals surface area contributed by atoms with Crippen LogP contribution in [-0.2, 0) is 9.53 Å². The lowest BCUT2D eigenvalue weighted by atomic mass is 10.2. The first-order valence-corrected chi connectivity index (χ1v) is 7.61. The fourth-order valence-corrected chi connectivity index (χ4v) is 2.32. The van der Waals surface area contributed by atoms with Gasteiger partial charge in [0.15, 0.2) is 5.13 Å². The molecule has 0 radical (unpaired) electrons. The summed E-state index contributed by atoms with van der Waals surface area (Å²) >= 11 is 1.46. The van der Waals surface area contributed by atoms with Gasteiger partial charge >= 0.3 is 0 Å². The maximum absolute atomic E-state index is 11.6. The van der Waals surface area contributed by atoms with Crippen molar-refractivity contribution in [2.45, 2.75) is 39.7 Å². The van der Waals surface area contributed by atoms with E-state index in [1.807, 2.05) is 12.3 Å². The lowest BCUT2D eigenvalue weighted by Gasteiger charge is -2.09. The summed E-state index contributed by atoms with van der Waals surface area (Å²) in [7, 11) is 0. The van der Waals surface area contributed by atoms with E-state index in [4.69, 9.17) is 4.74 Å². The fraction of sp³-hybridized carbons (Fsp3) is 0.692. The molecule has 108 valence electrons. The number of hydrogen-bond donors (Lipinski definition) is 2. The average molecular weight is 285 g/mol. The predicted molar refractivity (Wildman–Crippen MR) is 78.6 cm³/mol. The number of ether oxygens (including phenoxy) is 1. The Balaban J connectivity index is 2.39. The molecular weight excluding hydrogens is 262 g/mol. The number of aromatic nitrogens is 1. The number of rotatable bonds is 9. The molecule has 1 atom stereocenters. The number of carbonyl (C=O) groups excluding carboxylic acids is 1. The zero-order valence-electron chi connectivity index (χ0n) is 11.9. The molecule has 19 heavy (non-hydrogen) atoms. The van der Waals surface area contributed by atoms with E-state index in [0.29, 0.717) is 24.8 Å². The molecule has 0 saturated carbocycles. The quantitative estimate of drug-likeness (QED) is 0.685. The van der Waals surface area contributed by atoms with Crippen molar-refractivity contribution in [2.75, 3.05) is 25.1 Å². The summed E-state index contributed by atoms with van der Waals surface area (Å²) < 4.78 is 5.14. The van der Waals surface area contributed by atoms with Crippen molar-refractivity contribution < 1.29 is 9.53 Å². The molecule has 1 heterocycles. The molecule has 1 rings (SSSR count). The predicted octanol–water partition coefficient (Wildman–Crippen LogP) is 2.57. The van der Waals surface area contributed by atoms with E-state index in [0.717, 1.165) is 18.7 Å². The molecule has 1 aromatic heterocycles.